The molecule has 0 spiro atoms. The van der Waals surface area contributed by atoms with Crippen LogP contribution in [0, 0.1) is 0 Å². The Kier molecular flexibility index (Phi) is 5.57. The van der Waals surface area contributed by atoms with Crippen LogP contribution in [0.3, 0.4) is 0 Å². The van der Waals surface area contributed by atoms with Crippen LogP contribution in [0.2, 0.25) is 0 Å². The van der Waals surface area contributed by atoms with Crippen LogP contribution >= 0.6 is 0 Å². The van der Waals surface area contributed by atoms with Crippen molar-refractivity contribution in [3.63, 3.8) is 0 Å². The van der Waals surface area contributed by atoms with E-state index in [-0.39, 0.29) is 11.8 Å². The zero-order valence-electron chi connectivity index (χ0n) is 9.90. The molecule has 1 rings (SSSR count). The molecule has 0 heterocycles. The highest BCUT2D eigenvalue weighted by molar-refractivity contribution is 5.82. The summed E-state index contributed by atoms with van der Waals surface area (Å²) >= 11 is 0. The second kappa shape index (κ2) is 7.01. The lowest BCUT2D eigenvalue weighted by atomic mass is 9.94. The van der Waals surface area contributed by atoms with Gasteiger partial charge in [0.15, 0.2) is 0 Å². The van der Waals surface area contributed by atoms with Gasteiger partial charge in [-0.2, -0.15) is 0 Å². The van der Waals surface area contributed by atoms with Gasteiger partial charge in [-0.1, -0.05) is 43.7 Å². The molecule has 1 N–H and O–H groups in total. The molecule has 0 aliphatic heterocycles. The molecule has 0 radical (unpaired) electrons. The number of hydroxylamine groups is 1. The Hall–Kier alpha value is -1.35. The molecule has 3 heteroatoms. The zero-order valence-corrected chi connectivity index (χ0v) is 9.90. The van der Waals surface area contributed by atoms with Gasteiger partial charge in [0.05, 0.1) is 12.5 Å². The van der Waals surface area contributed by atoms with E-state index in [0.29, 0.717) is 6.61 Å². The SMILES string of the molecule is CCCC(C(=O)NOCC)c1ccccc1. The Bertz CT molecular complexity index is 311. The molecule has 0 aliphatic carbocycles. The molecule has 1 amide bonds. The minimum atomic E-state index is -0.113. The largest absolute Gasteiger partial charge is 0.274 e. The van der Waals surface area contributed by atoms with Gasteiger partial charge in [-0.3, -0.25) is 9.63 Å². The minimum absolute atomic E-state index is 0.0603. The molecule has 0 saturated heterocycles. The van der Waals surface area contributed by atoms with Crippen molar-refractivity contribution in [2.24, 2.45) is 0 Å². The maximum Gasteiger partial charge on any atom is 0.251 e. The van der Waals surface area contributed by atoms with Crippen molar-refractivity contribution in [1.29, 1.82) is 0 Å². The summed E-state index contributed by atoms with van der Waals surface area (Å²) in [6, 6.07) is 9.81. The van der Waals surface area contributed by atoms with Gasteiger partial charge < -0.3 is 0 Å². The van der Waals surface area contributed by atoms with Crippen LogP contribution < -0.4 is 5.48 Å². The lowest BCUT2D eigenvalue weighted by molar-refractivity contribution is -0.134. The Morgan fingerprint density at radius 3 is 2.56 bits per heavy atom. The lowest BCUT2D eigenvalue weighted by Crippen LogP contribution is -2.29. The molecule has 0 fully saturated rings. The van der Waals surface area contributed by atoms with Crippen LogP contribution in [-0.4, -0.2) is 12.5 Å². The molecule has 0 bridgehead atoms. The molecular formula is C13H19NO2. The van der Waals surface area contributed by atoms with Crippen LogP contribution in [-0.2, 0) is 9.63 Å². The summed E-state index contributed by atoms with van der Waals surface area (Å²) in [4.78, 5) is 16.8. The summed E-state index contributed by atoms with van der Waals surface area (Å²) in [5.41, 5.74) is 3.52. The Morgan fingerprint density at radius 2 is 2.00 bits per heavy atom. The summed E-state index contributed by atoms with van der Waals surface area (Å²) in [5, 5.41) is 0. The molecule has 16 heavy (non-hydrogen) atoms. The first-order chi connectivity index (χ1) is 7.79. The van der Waals surface area contributed by atoms with E-state index >= 15 is 0 Å². The monoisotopic (exact) mass is 221 g/mol. The fourth-order valence-electron chi connectivity index (χ4n) is 1.64. The number of rotatable bonds is 6. The van der Waals surface area contributed by atoms with Crippen molar-refractivity contribution in [1.82, 2.24) is 5.48 Å². The highest BCUT2D eigenvalue weighted by atomic mass is 16.6. The average Bonchev–Trinajstić information content (AvgIpc) is 2.34. The van der Waals surface area contributed by atoms with Gasteiger partial charge in [-0.25, -0.2) is 5.48 Å². The van der Waals surface area contributed by atoms with Crippen molar-refractivity contribution in [2.75, 3.05) is 6.61 Å². The topological polar surface area (TPSA) is 38.3 Å². The molecule has 0 aromatic heterocycles. The van der Waals surface area contributed by atoms with E-state index in [0.717, 1.165) is 18.4 Å². The summed E-state index contributed by atoms with van der Waals surface area (Å²) in [7, 11) is 0. The van der Waals surface area contributed by atoms with Crippen molar-refractivity contribution < 1.29 is 9.63 Å². The number of amides is 1. The van der Waals surface area contributed by atoms with Gasteiger partial charge in [0, 0.05) is 0 Å². The number of hydrogen-bond acceptors (Lipinski definition) is 2. The van der Waals surface area contributed by atoms with Crippen LogP contribution in [0.5, 0.6) is 0 Å². The number of carbonyl (C=O) groups excluding carboxylic acids is 1. The first-order valence-electron chi connectivity index (χ1n) is 5.76. The van der Waals surface area contributed by atoms with E-state index in [1.54, 1.807) is 0 Å². The smallest absolute Gasteiger partial charge is 0.251 e. The third-order valence-corrected chi connectivity index (χ3v) is 2.41. The van der Waals surface area contributed by atoms with Gasteiger partial charge in [-0.05, 0) is 18.9 Å². The van der Waals surface area contributed by atoms with E-state index in [2.05, 4.69) is 12.4 Å². The van der Waals surface area contributed by atoms with Gasteiger partial charge in [-0.15, -0.1) is 0 Å². The normalized spacial score (nSPS) is 12.1. The molecule has 1 aromatic rings. The van der Waals surface area contributed by atoms with Crippen LogP contribution in [0.25, 0.3) is 0 Å². The Balaban J connectivity index is 2.71. The molecule has 0 aliphatic rings. The standard InChI is InChI=1S/C13H19NO2/c1-3-8-12(13(15)14-16-4-2)11-9-6-5-7-10-11/h5-7,9-10,12H,3-4,8H2,1-2H3,(H,14,15). The molecular weight excluding hydrogens is 202 g/mol. The first-order valence-corrected chi connectivity index (χ1v) is 5.76. The lowest BCUT2D eigenvalue weighted by Gasteiger charge is -2.15. The van der Waals surface area contributed by atoms with Gasteiger partial charge >= 0.3 is 0 Å². The molecule has 1 atom stereocenters. The highest BCUT2D eigenvalue weighted by Crippen LogP contribution is 2.21. The molecule has 1 aromatic carbocycles. The van der Waals surface area contributed by atoms with Gasteiger partial charge in [0.25, 0.3) is 5.91 Å². The maximum absolute atomic E-state index is 11.9. The third kappa shape index (κ3) is 3.66. The van der Waals surface area contributed by atoms with Crippen molar-refractivity contribution in [3.05, 3.63) is 35.9 Å². The first kappa shape index (κ1) is 12.7. The Morgan fingerprint density at radius 1 is 1.31 bits per heavy atom. The van der Waals surface area contributed by atoms with Gasteiger partial charge in [0.2, 0.25) is 0 Å². The van der Waals surface area contributed by atoms with E-state index in [4.69, 9.17) is 4.84 Å². The van der Waals surface area contributed by atoms with E-state index in [1.807, 2.05) is 37.3 Å². The van der Waals surface area contributed by atoms with E-state index < -0.39 is 0 Å². The fourth-order valence-corrected chi connectivity index (χ4v) is 1.64. The predicted octanol–water partition coefficient (Wildman–Crippen LogP) is 2.64. The summed E-state index contributed by atoms with van der Waals surface area (Å²) in [6.07, 6.45) is 1.81. The van der Waals surface area contributed by atoms with Crippen molar-refractivity contribution in [3.8, 4) is 0 Å². The number of hydrogen-bond donors (Lipinski definition) is 1. The molecule has 0 saturated carbocycles. The predicted molar refractivity (Wildman–Crippen MR) is 63.9 cm³/mol. The zero-order chi connectivity index (χ0) is 11.8. The number of nitrogens with one attached hydrogen (secondary N) is 1. The molecule has 88 valence electrons. The number of benzene rings is 1. The van der Waals surface area contributed by atoms with Crippen LogP contribution in [0.1, 0.15) is 38.2 Å². The Labute approximate surface area is 96.8 Å². The van der Waals surface area contributed by atoms with Gasteiger partial charge in [0.1, 0.15) is 0 Å². The second-order valence-corrected chi connectivity index (χ2v) is 3.65. The summed E-state index contributed by atoms with van der Waals surface area (Å²) < 4.78 is 0. The molecule has 1 unspecified atom stereocenters. The quantitative estimate of drug-likeness (QED) is 0.750. The van der Waals surface area contributed by atoms with Crippen molar-refractivity contribution >= 4 is 5.91 Å². The van der Waals surface area contributed by atoms with Crippen LogP contribution in [0.4, 0.5) is 0 Å². The summed E-state index contributed by atoms with van der Waals surface area (Å²) in [6.45, 7) is 4.40. The van der Waals surface area contributed by atoms with E-state index in [9.17, 15) is 4.79 Å². The summed E-state index contributed by atoms with van der Waals surface area (Å²) in [5.74, 6) is -0.173. The minimum Gasteiger partial charge on any atom is -0.274 e. The maximum atomic E-state index is 11.9. The second-order valence-electron chi connectivity index (χ2n) is 3.65. The number of carbonyl (C=O) groups is 1. The molecule has 3 nitrogen and oxygen atoms in total. The third-order valence-electron chi connectivity index (χ3n) is 2.41. The highest BCUT2D eigenvalue weighted by Gasteiger charge is 2.19. The van der Waals surface area contributed by atoms with Crippen molar-refractivity contribution in [2.45, 2.75) is 32.6 Å². The van der Waals surface area contributed by atoms with E-state index in [1.165, 1.54) is 0 Å². The fraction of sp³-hybridized carbons (Fsp3) is 0.462. The van der Waals surface area contributed by atoms with Crippen LogP contribution in [0.15, 0.2) is 30.3 Å². The average molecular weight is 221 g/mol.